The van der Waals surface area contributed by atoms with Crippen LogP contribution < -0.4 is 10.2 Å². The van der Waals surface area contributed by atoms with Crippen molar-refractivity contribution in [2.24, 2.45) is 5.92 Å². The van der Waals surface area contributed by atoms with Gasteiger partial charge in [-0.25, -0.2) is 13.6 Å². The summed E-state index contributed by atoms with van der Waals surface area (Å²) in [6.07, 6.45) is -0.630. The van der Waals surface area contributed by atoms with Crippen LogP contribution in [-0.2, 0) is 4.74 Å². The van der Waals surface area contributed by atoms with Crippen LogP contribution in [0.2, 0.25) is 0 Å². The molecule has 1 aliphatic heterocycles. The van der Waals surface area contributed by atoms with Crippen molar-refractivity contribution in [2.75, 3.05) is 24.7 Å². The Kier molecular flexibility index (Phi) is 6.62. The monoisotopic (exact) mass is 400 g/mol. The molecule has 1 aromatic carbocycles. The molecule has 1 amide bonds. The number of benzene rings is 1. The second kappa shape index (κ2) is 8.41. The third-order valence-corrected chi connectivity index (χ3v) is 4.70. The van der Waals surface area contributed by atoms with Gasteiger partial charge in [-0.3, -0.25) is 9.18 Å². The first kappa shape index (κ1) is 22.0. The number of Topliss-reactive ketones (excluding diaryl/α,β-unsaturated/α-hetero) is 1. The van der Waals surface area contributed by atoms with Gasteiger partial charge in [-0.2, -0.15) is 0 Å². The second-order valence-corrected chi connectivity index (χ2v) is 8.04. The Bertz CT molecular complexity index is 762. The normalized spacial score (nSPS) is 19.6. The van der Waals surface area contributed by atoms with Crippen molar-refractivity contribution in [1.82, 2.24) is 5.32 Å². The zero-order chi connectivity index (χ0) is 21.2. The lowest BCUT2D eigenvalue weighted by molar-refractivity contribution is 0.0494. The Morgan fingerprint density at radius 2 is 1.93 bits per heavy atom. The van der Waals surface area contributed by atoms with Crippen LogP contribution in [0.4, 0.5) is 23.7 Å². The molecule has 5 nitrogen and oxygen atoms in total. The number of anilines is 1. The fourth-order valence-electron chi connectivity index (χ4n) is 3.36. The van der Waals surface area contributed by atoms with Crippen LogP contribution in [0.25, 0.3) is 0 Å². The molecule has 28 heavy (non-hydrogen) atoms. The second-order valence-electron chi connectivity index (χ2n) is 8.04. The Morgan fingerprint density at radius 3 is 2.46 bits per heavy atom. The number of hydrogen-bond acceptors (Lipinski definition) is 4. The molecule has 0 aromatic heterocycles. The van der Waals surface area contributed by atoms with Crippen LogP contribution in [-0.4, -0.2) is 43.3 Å². The highest BCUT2D eigenvalue weighted by Gasteiger charge is 2.37. The molecule has 8 heteroatoms. The van der Waals surface area contributed by atoms with Crippen LogP contribution >= 0.6 is 0 Å². The summed E-state index contributed by atoms with van der Waals surface area (Å²) in [4.78, 5) is 25.3. The van der Waals surface area contributed by atoms with E-state index in [-0.39, 0.29) is 36.3 Å². The van der Waals surface area contributed by atoms with Crippen molar-refractivity contribution >= 4 is 17.6 Å². The maximum absolute atomic E-state index is 14.7. The minimum atomic E-state index is -0.774. The van der Waals surface area contributed by atoms with E-state index in [4.69, 9.17) is 4.74 Å². The van der Waals surface area contributed by atoms with Crippen LogP contribution in [0, 0.1) is 24.5 Å². The minimum absolute atomic E-state index is 0.00711. The van der Waals surface area contributed by atoms with Gasteiger partial charge in [0.2, 0.25) is 0 Å². The molecule has 0 spiro atoms. The topological polar surface area (TPSA) is 58.6 Å². The van der Waals surface area contributed by atoms with Gasteiger partial charge in [0, 0.05) is 31.0 Å². The molecule has 2 unspecified atom stereocenters. The Labute approximate surface area is 163 Å². The lowest BCUT2D eigenvalue weighted by Crippen LogP contribution is -2.43. The molecule has 1 N–H and O–H groups in total. The number of nitrogens with zero attached hydrogens (tertiary/aromatic N) is 1. The Morgan fingerprint density at radius 1 is 1.29 bits per heavy atom. The van der Waals surface area contributed by atoms with E-state index in [1.807, 2.05) is 0 Å². The number of ether oxygens (including phenoxy) is 1. The van der Waals surface area contributed by atoms with Crippen molar-refractivity contribution in [3.05, 3.63) is 28.8 Å². The van der Waals surface area contributed by atoms with Crippen molar-refractivity contribution in [3.63, 3.8) is 0 Å². The van der Waals surface area contributed by atoms with Gasteiger partial charge in [-0.05, 0) is 33.8 Å². The zero-order valence-electron chi connectivity index (χ0n) is 16.9. The summed E-state index contributed by atoms with van der Waals surface area (Å²) in [7, 11) is 0. The summed E-state index contributed by atoms with van der Waals surface area (Å²) in [5, 5.41) is 2.62. The van der Waals surface area contributed by atoms with E-state index in [2.05, 4.69) is 5.32 Å². The van der Waals surface area contributed by atoms with Crippen molar-refractivity contribution < 1.29 is 27.5 Å². The molecule has 1 heterocycles. The third kappa shape index (κ3) is 4.77. The SMILES string of the molecule is CCC(=O)c1cc(F)c(N2CC(CF)C(NC(=O)OC(C)(C)C)C2)c(C)c1F. The van der Waals surface area contributed by atoms with Crippen LogP contribution in [0.3, 0.4) is 0 Å². The molecule has 1 saturated heterocycles. The first-order valence-electron chi connectivity index (χ1n) is 9.30. The summed E-state index contributed by atoms with van der Waals surface area (Å²) in [6.45, 7) is 7.57. The van der Waals surface area contributed by atoms with E-state index in [0.29, 0.717) is 0 Å². The number of halogens is 3. The van der Waals surface area contributed by atoms with Gasteiger partial charge in [0.25, 0.3) is 0 Å². The van der Waals surface area contributed by atoms with Crippen molar-refractivity contribution in [3.8, 4) is 0 Å². The maximum atomic E-state index is 14.7. The molecule has 0 radical (unpaired) electrons. The quantitative estimate of drug-likeness (QED) is 0.754. The number of nitrogens with one attached hydrogen (secondary N) is 1. The number of rotatable bonds is 5. The molecular formula is C20H27F3N2O3. The highest BCUT2D eigenvalue weighted by atomic mass is 19.1. The minimum Gasteiger partial charge on any atom is -0.444 e. The number of carbonyl (C=O) groups excluding carboxylic acids is 2. The van der Waals surface area contributed by atoms with Gasteiger partial charge in [-0.15, -0.1) is 0 Å². The van der Waals surface area contributed by atoms with E-state index < -0.39 is 47.7 Å². The zero-order valence-corrected chi connectivity index (χ0v) is 16.9. The van der Waals surface area contributed by atoms with Gasteiger partial charge >= 0.3 is 6.09 Å². The predicted molar refractivity (Wildman–Crippen MR) is 101 cm³/mol. The molecule has 1 aromatic rings. The summed E-state index contributed by atoms with van der Waals surface area (Å²) in [5.41, 5.74) is -1.02. The number of alkyl carbamates (subject to hydrolysis) is 1. The molecule has 0 saturated carbocycles. The molecule has 1 fully saturated rings. The van der Waals surface area contributed by atoms with E-state index >= 15 is 0 Å². The fourth-order valence-corrected chi connectivity index (χ4v) is 3.36. The van der Waals surface area contributed by atoms with Gasteiger partial charge in [-0.1, -0.05) is 6.92 Å². The van der Waals surface area contributed by atoms with Gasteiger partial charge in [0.15, 0.2) is 5.78 Å². The maximum Gasteiger partial charge on any atom is 0.407 e. The number of carbonyl (C=O) groups is 2. The van der Waals surface area contributed by atoms with Crippen molar-refractivity contribution in [2.45, 2.75) is 52.7 Å². The van der Waals surface area contributed by atoms with E-state index in [0.717, 1.165) is 6.07 Å². The standard InChI is InChI=1S/C20H27F3N2O3/c1-6-16(26)13-7-14(22)18(11(2)17(13)23)25-9-12(8-21)15(10-25)24-19(27)28-20(3,4)5/h7,12,15H,6,8-10H2,1-5H3,(H,24,27). The molecule has 0 aliphatic carbocycles. The van der Waals surface area contributed by atoms with E-state index in [1.54, 1.807) is 27.7 Å². The van der Waals surface area contributed by atoms with E-state index in [1.165, 1.54) is 11.8 Å². The summed E-state index contributed by atoms with van der Waals surface area (Å²) in [6, 6.07) is 0.279. The molecule has 156 valence electrons. The number of hydrogen-bond donors (Lipinski definition) is 1. The average molecular weight is 400 g/mol. The van der Waals surface area contributed by atoms with Gasteiger partial charge < -0.3 is 15.0 Å². The molecule has 0 bridgehead atoms. The number of ketones is 1. The third-order valence-electron chi connectivity index (χ3n) is 4.70. The molecule has 1 aliphatic rings. The fraction of sp³-hybridized carbons (Fsp3) is 0.600. The number of alkyl halides is 1. The predicted octanol–water partition coefficient (Wildman–Crippen LogP) is 4.16. The Hall–Kier alpha value is -2.25. The first-order chi connectivity index (χ1) is 13.0. The van der Waals surface area contributed by atoms with Crippen LogP contribution in [0.1, 0.15) is 50.0 Å². The largest absolute Gasteiger partial charge is 0.444 e. The van der Waals surface area contributed by atoms with Crippen LogP contribution in [0.5, 0.6) is 0 Å². The molecule has 2 atom stereocenters. The molecular weight excluding hydrogens is 373 g/mol. The van der Waals surface area contributed by atoms with E-state index in [9.17, 15) is 22.8 Å². The smallest absolute Gasteiger partial charge is 0.407 e. The van der Waals surface area contributed by atoms with Gasteiger partial charge in [0.1, 0.15) is 17.2 Å². The average Bonchev–Trinajstić information content (AvgIpc) is 2.98. The van der Waals surface area contributed by atoms with Gasteiger partial charge in [0.05, 0.1) is 24.0 Å². The summed E-state index contributed by atoms with van der Waals surface area (Å²) in [5.74, 6) is -2.60. The molecule has 2 rings (SSSR count). The highest BCUT2D eigenvalue weighted by molar-refractivity contribution is 5.97. The van der Waals surface area contributed by atoms with Crippen LogP contribution in [0.15, 0.2) is 6.07 Å². The number of amides is 1. The lowest BCUT2D eigenvalue weighted by Gasteiger charge is -2.24. The van der Waals surface area contributed by atoms with Crippen molar-refractivity contribution in [1.29, 1.82) is 0 Å². The summed E-state index contributed by atoms with van der Waals surface area (Å²) < 4.78 is 48.0. The highest BCUT2D eigenvalue weighted by Crippen LogP contribution is 2.33. The lowest BCUT2D eigenvalue weighted by atomic mass is 10.0. The summed E-state index contributed by atoms with van der Waals surface area (Å²) >= 11 is 0. The first-order valence-corrected chi connectivity index (χ1v) is 9.30. The Balaban J connectivity index is 2.26.